The van der Waals surface area contributed by atoms with Crippen molar-refractivity contribution in [1.82, 2.24) is 19.9 Å². The van der Waals surface area contributed by atoms with Gasteiger partial charge in [0.25, 0.3) is 0 Å². The summed E-state index contributed by atoms with van der Waals surface area (Å²) in [6.45, 7) is 7.26. The molecule has 0 aliphatic carbocycles. The van der Waals surface area contributed by atoms with Crippen LogP contribution in [0.3, 0.4) is 0 Å². The zero-order chi connectivity index (χ0) is 26.1. The van der Waals surface area contributed by atoms with E-state index < -0.39 is 0 Å². The Bertz CT molecular complexity index is 1350. The van der Waals surface area contributed by atoms with Crippen molar-refractivity contribution < 1.29 is 4.74 Å². The average molecular weight is 512 g/mol. The second-order valence-corrected chi connectivity index (χ2v) is 11.1. The third-order valence-corrected chi connectivity index (χ3v) is 8.57. The molecule has 0 unspecified atom stereocenters. The van der Waals surface area contributed by atoms with Crippen LogP contribution in [0.4, 0.5) is 11.5 Å². The van der Waals surface area contributed by atoms with Gasteiger partial charge in [-0.15, -0.1) is 0 Å². The minimum atomic E-state index is 0.389. The molecular formula is C30H37N7O. The molecule has 8 heteroatoms. The van der Waals surface area contributed by atoms with E-state index in [2.05, 4.69) is 59.0 Å². The molecule has 3 aliphatic rings. The van der Waals surface area contributed by atoms with Gasteiger partial charge in [0.15, 0.2) is 0 Å². The van der Waals surface area contributed by atoms with E-state index in [0.717, 1.165) is 74.5 Å². The van der Waals surface area contributed by atoms with Gasteiger partial charge in [0.05, 0.1) is 29.7 Å². The Kier molecular flexibility index (Phi) is 7.03. The highest BCUT2D eigenvalue weighted by atomic mass is 16.5. The normalized spacial score (nSPS) is 21.9. The van der Waals surface area contributed by atoms with Gasteiger partial charge in [0, 0.05) is 54.6 Å². The summed E-state index contributed by atoms with van der Waals surface area (Å²) in [7, 11) is 2.17. The largest absolute Gasteiger partial charge is 0.462 e. The topological polar surface area (TPSA) is 81.4 Å². The van der Waals surface area contributed by atoms with Gasteiger partial charge in [-0.25, -0.2) is 0 Å². The smallest absolute Gasteiger partial charge is 0.318 e. The van der Waals surface area contributed by atoms with Crippen molar-refractivity contribution in [2.24, 2.45) is 5.92 Å². The van der Waals surface area contributed by atoms with Crippen molar-refractivity contribution in [3.63, 3.8) is 0 Å². The van der Waals surface area contributed by atoms with Crippen molar-refractivity contribution >= 4 is 22.3 Å². The number of rotatable bonds is 6. The Hall–Kier alpha value is -3.44. The first-order chi connectivity index (χ1) is 18.6. The molecule has 2 atom stereocenters. The Morgan fingerprint density at radius 2 is 1.95 bits per heavy atom. The molecule has 8 nitrogen and oxygen atoms in total. The molecule has 2 fully saturated rings. The SMILES string of the molecule is Cc1ncc2ccccc2c1N1CCc2c(nc(OC[C@@H]3CCCN3C)nc2N2CCC[C@@H](CC#N)C2)C1. The maximum absolute atomic E-state index is 9.31. The fraction of sp³-hybridized carbons (Fsp3) is 0.533. The van der Waals surface area contributed by atoms with Gasteiger partial charge in [-0.3, -0.25) is 4.98 Å². The lowest BCUT2D eigenvalue weighted by Crippen LogP contribution is -2.39. The maximum Gasteiger partial charge on any atom is 0.318 e. The van der Waals surface area contributed by atoms with Crippen LogP contribution < -0.4 is 14.5 Å². The van der Waals surface area contributed by atoms with Crippen LogP contribution in [0.15, 0.2) is 30.5 Å². The number of aromatic nitrogens is 3. The number of anilines is 2. The van der Waals surface area contributed by atoms with Gasteiger partial charge in [-0.05, 0) is 58.5 Å². The van der Waals surface area contributed by atoms with E-state index in [1.54, 1.807) is 0 Å². The quantitative estimate of drug-likeness (QED) is 0.479. The average Bonchev–Trinajstić information content (AvgIpc) is 3.36. The van der Waals surface area contributed by atoms with Crippen LogP contribution in [0.1, 0.15) is 49.1 Å². The van der Waals surface area contributed by atoms with Crippen molar-refractivity contribution in [3.8, 4) is 12.1 Å². The van der Waals surface area contributed by atoms with E-state index in [0.29, 0.717) is 37.5 Å². The summed E-state index contributed by atoms with van der Waals surface area (Å²) in [5.74, 6) is 1.40. The van der Waals surface area contributed by atoms with E-state index in [4.69, 9.17) is 19.7 Å². The number of hydrogen-bond donors (Lipinski definition) is 0. The zero-order valence-electron chi connectivity index (χ0n) is 22.6. The second kappa shape index (κ2) is 10.7. The van der Waals surface area contributed by atoms with Gasteiger partial charge >= 0.3 is 6.01 Å². The monoisotopic (exact) mass is 511 g/mol. The summed E-state index contributed by atoms with van der Waals surface area (Å²) < 4.78 is 6.29. The number of nitrogens with zero attached hydrogens (tertiary/aromatic N) is 7. The predicted molar refractivity (Wildman–Crippen MR) is 150 cm³/mol. The molecule has 3 aromatic rings. The number of likely N-dealkylation sites (N-methyl/N-ethyl adjacent to an activating group) is 1. The van der Waals surface area contributed by atoms with Gasteiger partial charge in [0.2, 0.25) is 0 Å². The lowest BCUT2D eigenvalue weighted by atomic mass is 9.94. The van der Waals surface area contributed by atoms with E-state index in [1.807, 2.05) is 6.20 Å². The third kappa shape index (κ3) is 4.88. The molecule has 3 aliphatic heterocycles. The molecule has 0 bridgehead atoms. The highest BCUT2D eigenvalue weighted by molar-refractivity contribution is 5.94. The number of piperidine rings is 1. The zero-order valence-corrected chi connectivity index (χ0v) is 22.6. The van der Waals surface area contributed by atoms with Crippen molar-refractivity contribution in [3.05, 3.63) is 47.4 Å². The minimum Gasteiger partial charge on any atom is -0.462 e. The highest BCUT2D eigenvalue weighted by Gasteiger charge is 2.30. The number of hydrogen-bond acceptors (Lipinski definition) is 8. The summed E-state index contributed by atoms with van der Waals surface area (Å²) >= 11 is 0. The molecule has 0 spiro atoms. The third-order valence-electron chi connectivity index (χ3n) is 8.57. The molecular weight excluding hydrogens is 474 g/mol. The number of ether oxygens (including phenoxy) is 1. The maximum atomic E-state index is 9.31. The Morgan fingerprint density at radius 3 is 2.79 bits per heavy atom. The molecule has 1 aromatic carbocycles. The number of fused-ring (bicyclic) bond motifs is 2. The Balaban J connectivity index is 1.34. The second-order valence-electron chi connectivity index (χ2n) is 11.1. The minimum absolute atomic E-state index is 0.389. The van der Waals surface area contributed by atoms with E-state index in [1.165, 1.54) is 23.1 Å². The van der Waals surface area contributed by atoms with Crippen LogP contribution in [0.2, 0.25) is 0 Å². The fourth-order valence-corrected chi connectivity index (χ4v) is 6.47. The Morgan fingerprint density at radius 1 is 1.08 bits per heavy atom. The molecule has 0 saturated carbocycles. The molecule has 0 amide bonds. The number of benzene rings is 1. The lowest BCUT2D eigenvalue weighted by molar-refractivity contribution is 0.187. The first kappa shape index (κ1) is 24.9. The summed E-state index contributed by atoms with van der Waals surface area (Å²) in [6, 6.07) is 11.8. The summed E-state index contributed by atoms with van der Waals surface area (Å²) in [4.78, 5) is 21.9. The van der Waals surface area contributed by atoms with Gasteiger partial charge in [-0.1, -0.05) is 24.3 Å². The molecule has 198 valence electrons. The highest BCUT2D eigenvalue weighted by Crippen LogP contribution is 2.36. The van der Waals surface area contributed by atoms with E-state index >= 15 is 0 Å². The fourth-order valence-electron chi connectivity index (χ4n) is 6.47. The number of aryl methyl sites for hydroxylation is 1. The summed E-state index contributed by atoms with van der Waals surface area (Å²) in [6.07, 6.45) is 7.99. The predicted octanol–water partition coefficient (Wildman–Crippen LogP) is 4.50. The molecule has 2 saturated heterocycles. The van der Waals surface area contributed by atoms with Crippen LogP contribution in [-0.2, 0) is 13.0 Å². The van der Waals surface area contributed by atoms with Crippen molar-refractivity contribution in [1.29, 1.82) is 5.26 Å². The number of likely N-dealkylation sites (tertiary alicyclic amines) is 1. The van der Waals surface area contributed by atoms with Crippen LogP contribution in [-0.4, -0.2) is 65.7 Å². The summed E-state index contributed by atoms with van der Waals surface area (Å²) in [5.41, 5.74) is 4.51. The van der Waals surface area contributed by atoms with E-state index in [9.17, 15) is 5.26 Å². The van der Waals surface area contributed by atoms with Crippen LogP contribution in [0.25, 0.3) is 10.8 Å². The number of nitriles is 1. The van der Waals surface area contributed by atoms with Crippen molar-refractivity contribution in [2.45, 2.75) is 58.0 Å². The molecule has 6 rings (SSSR count). The standard InChI is InChI=1S/C30H37N7O/c1-21-28(25-10-4-3-8-23(25)17-32-21)36-16-12-26-27(19-36)33-30(38-20-24-9-6-14-35(24)2)34-29(26)37-15-5-7-22(18-37)11-13-31/h3-4,8,10,17,22,24H,5-7,9,11-12,14-16,18-20H2,1-2H3/t22-,24-/m0/s1. The van der Waals surface area contributed by atoms with Crippen LogP contribution in [0.5, 0.6) is 6.01 Å². The molecule has 2 aromatic heterocycles. The lowest BCUT2D eigenvalue weighted by Gasteiger charge is -2.37. The van der Waals surface area contributed by atoms with Gasteiger partial charge in [0.1, 0.15) is 12.4 Å². The summed E-state index contributed by atoms with van der Waals surface area (Å²) in [5, 5.41) is 11.7. The number of pyridine rings is 1. The Labute approximate surface area is 225 Å². The van der Waals surface area contributed by atoms with E-state index in [-0.39, 0.29) is 0 Å². The molecule has 5 heterocycles. The van der Waals surface area contributed by atoms with Crippen LogP contribution in [0, 0.1) is 24.2 Å². The molecule has 0 N–H and O–H groups in total. The van der Waals surface area contributed by atoms with Crippen LogP contribution >= 0.6 is 0 Å². The van der Waals surface area contributed by atoms with Gasteiger partial charge < -0.3 is 19.4 Å². The first-order valence-electron chi connectivity index (χ1n) is 14.0. The van der Waals surface area contributed by atoms with Gasteiger partial charge in [-0.2, -0.15) is 15.2 Å². The van der Waals surface area contributed by atoms with Crippen molar-refractivity contribution in [2.75, 3.05) is 49.6 Å². The molecule has 38 heavy (non-hydrogen) atoms. The first-order valence-corrected chi connectivity index (χ1v) is 14.0. The molecule has 0 radical (unpaired) electrons.